The van der Waals surface area contributed by atoms with Crippen LogP contribution in [0.5, 0.6) is 0 Å². The van der Waals surface area contributed by atoms with E-state index in [2.05, 4.69) is 33.1 Å². The molecule has 0 N–H and O–H groups in total. The molecule has 84 valence electrons. The van der Waals surface area contributed by atoms with E-state index in [0.29, 0.717) is 5.02 Å². The van der Waals surface area contributed by atoms with Crippen LogP contribution in [-0.2, 0) is 6.54 Å². The zero-order chi connectivity index (χ0) is 11.5. The Balaban J connectivity index is 2.49. The van der Waals surface area contributed by atoms with Crippen molar-refractivity contribution in [3.63, 3.8) is 0 Å². The van der Waals surface area contributed by atoms with Crippen LogP contribution in [0, 0.1) is 0 Å². The highest BCUT2D eigenvalue weighted by Crippen LogP contribution is 2.29. The van der Waals surface area contributed by atoms with E-state index in [4.69, 9.17) is 11.6 Å². The second kappa shape index (κ2) is 4.97. The van der Waals surface area contributed by atoms with E-state index >= 15 is 0 Å². The monoisotopic (exact) mass is 299 g/mol. The molecule has 0 aliphatic rings. The molecule has 0 radical (unpaired) electrons. The molecule has 1 aromatic carbocycles. The van der Waals surface area contributed by atoms with Gasteiger partial charge in [-0.2, -0.15) is 0 Å². The number of nitrogens with zero attached hydrogens (tertiary/aromatic N) is 3. The minimum Gasteiger partial charge on any atom is -0.314 e. The van der Waals surface area contributed by atoms with Crippen LogP contribution in [0.1, 0.15) is 13.3 Å². The first-order valence-electron chi connectivity index (χ1n) is 5.05. The van der Waals surface area contributed by atoms with Gasteiger partial charge in [0, 0.05) is 21.6 Å². The van der Waals surface area contributed by atoms with Crippen LogP contribution in [0.3, 0.4) is 0 Å². The SMILES string of the molecule is CCCn1cnnc1-c1cc(Cl)ccc1Br. The second-order valence-corrected chi connectivity index (χ2v) is 4.76. The summed E-state index contributed by atoms with van der Waals surface area (Å²) >= 11 is 9.48. The van der Waals surface area contributed by atoms with Crippen LogP contribution in [0.15, 0.2) is 29.0 Å². The maximum Gasteiger partial charge on any atom is 0.164 e. The number of hydrogen-bond acceptors (Lipinski definition) is 2. The van der Waals surface area contributed by atoms with Crippen LogP contribution in [0.2, 0.25) is 5.02 Å². The predicted octanol–water partition coefficient (Wildman–Crippen LogP) is 3.77. The van der Waals surface area contributed by atoms with E-state index in [-0.39, 0.29) is 0 Å². The van der Waals surface area contributed by atoms with Crippen LogP contribution >= 0.6 is 27.5 Å². The molecule has 0 fully saturated rings. The van der Waals surface area contributed by atoms with Gasteiger partial charge in [0.05, 0.1) is 0 Å². The number of aryl methyl sites for hydroxylation is 1. The van der Waals surface area contributed by atoms with Crippen molar-refractivity contribution in [2.45, 2.75) is 19.9 Å². The van der Waals surface area contributed by atoms with Crippen molar-refractivity contribution >= 4 is 27.5 Å². The smallest absolute Gasteiger partial charge is 0.164 e. The molecule has 1 aromatic heterocycles. The largest absolute Gasteiger partial charge is 0.314 e. The summed E-state index contributed by atoms with van der Waals surface area (Å²) in [4.78, 5) is 0. The molecular formula is C11H11BrClN3. The molecule has 2 rings (SSSR count). The first-order valence-corrected chi connectivity index (χ1v) is 6.22. The molecule has 1 heterocycles. The molecule has 0 atom stereocenters. The minimum absolute atomic E-state index is 0.698. The maximum absolute atomic E-state index is 5.98. The van der Waals surface area contributed by atoms with Crippen LogP contribution in [-0.4, -0.2) is 14.8 Å². The van der Waals surface area contributed by atoms with Crippen LogP contribution < -0.4 is 0 Å². The maximum atomic E-state index is 5.98. The van der Waals surface area contributed by atoms with Crippen LogP contribution in [0.4, 0.5) is 0 Å². The molecule has 16 heavy (non-hydrogen) atoms. The Morgan fingerprint density at radius 2 is 2.25 bits per heavy atom. The molecule has 2 aromatic rings. The van der Waals surface area contributed by atoms with E-state index in [1.54, 1.807) is 6.33 Å². The fraction of sp³-hybridized carbons (Fsp3) is 0.273. The lowest BCUT2D eigenvalue weighted by Gasteiger charge is -2.07. The molecule has 0 bridgehead atoms. The van der Waals surface area contributed by atoms with Crippen molar-refractivity contribution in [2.75, 3.05) is 0 Å². The minimum atomic E-state index is 0.698. The number of rotatable bonds is 3. The molecule has 0 spiro atoms. The summed E-state index contributed by atoms with van der Waals surface area (Å²) in [6.07, 6.45) is 2.79. The summed E-state index contributed by atoms with van der Waals surface area (Å²) in [6.45, 7) is 3.03. The van der Waals surface area contributed by atoms with Gasteiger partial charge in [-0.3, -0.25) is 0 Å². The van der Waals surface area contributed by atoms with Gasteiger partial charge in [0.2, 0.25) is 0 Å². The summed E-state index contributed by atoms with van der Waals surface area (Å²) in [6, 6.07) is 5.65. The van der Waals surface area contributed by atoms with Gasteiger partial charge >= 0.3 is 0 Å². The number of aromatic nitrogens is 3. The summed E-state index contributed by atoms with van der Waals surface area (Å²) in [5, 5.41) is 8.77. The van der Waals surface area contributed by atoms with Gasteiger partial charge < -0.3 is 4.57 Å². The topological polar surface area (TPSA) is 30.7 Å². The zero-order valence-electron chi connectivity index (χ0n) is 8.82. The molecule has 0 unspecified atom stereocenters. The number of halogens is 2. The Bertz CT molecular complexity index is 496. The Kier molecular flexibility index (Phi) is 3.61. The van der Waals surface area contributed by atoms with Gasteiger partial charge in [-0.1, -0.05) is 34.5 Å². The zero-order valence-corrected chi connectivity index (χ0v) is 11.2. The molecule has 5 heteroatoms. The molecule has 3 nitrogen and oxygen atoms in total. The Morgan fingerprint density at radius 1 is 1.44 bits per heavy atom. The predicted molar refractivity (Wildman–Crippen MR) is 68.5 cm³/mol. The number of hydrogen-bond donors (Lipinski definition) is 0. The van der Waals surface area contributed by atoms with Gasteiger partial charge in [-0.05, 0) is 24.6 Å². The van der Waals surface area contributed by atoms with Crippen molar-refractivity contribution in [3.8, 4) is 11.4 Å². The fourth-order valence-electron chi connectivity index (χ4n) is 1.54. The van der Waals surface area contributed by atoms with Gasteiger partial charge in [-0.15, -0.1) is 10.2 Å². The Hall–Kier alpha value is -0.870. The van der Waals surface area contributed by atoms with E-state index in [0.717, 1.165) is 28.8 Å². The highest BCUT2D eigenvalue weighted by Gasteiger charge is 2.10. The summed E-state index contributed by atoms with van der Waals surface area (Å²) < 4.78 is 3.00. The summed E-state index contributed by atoms with van der Waals surface area (Å²) in [5.74, 6) is 0.844. The van der Waals surface area contributed by atoms with Crippen LogP contribution in [0.25, 0.3) is 11.4 Å². The van der Waals surface area contributed by atoms with E-state index in [1.165, 1.54) is 0 Å². The molecule has 0 amide bonds. The molecule has 0 saturated carbocycles. The van der Waals surface area contributed by atoms with Gasteiger partial charge in [0.15, 0.2) is 5.82 Å². The molecule has 0 aliphatic heterocycles. The molecule has 0 saturated heterocycles. The molecule has 0 aliphatic carbocycles. The van der Waals surface area contributed by atoms with E-state index in [9.17, 15) is 0 Å². The molecular weight excluding hydrogens is 289 g/mol. The lowest BCUT2D eigenvalue weighted by atomic mass is 10.2. The third-order valence-corrected chi connectivity index (χ3v) is 3.18. The third kappa shape index (κ3) is 2.28. The van der Waals surface area contributed by atoms with Gasteiger partial charge in [-0.25, -0.2) is 0 Å². The lowest BCUT2D eigenvalue weighted by Crippen LogP contribution is -1.98. The van der Waals surface area contributed by atoms with Crippen molar-refractivity contribution in [2.24, 2.45) is 0 Å². The van der Waals surface area contributed by atoms with Gasteiger partial charge in [0.1, 0.15) is 6.33 Å². The lowest BCUT2D eigenvalue weighted by molar-refractivity contribution is 0.682. The fourth-order valence-corrected chi connectivity index (χ4v) is 2.13. The number of benzene rings is 1. The normalized spacial score (nSPS) is 10.7. The standard InChI is InChI=1S/C11H11BrClN3/c1-2-5-16-7-14-15-11(16)9-6-8(13)3-4-10(9)12/h3-4,6-7H,2,5H2,1H3. The van der Waals surface area contributed by atoms with Crippen molar-refractivity contribution < 1.29 is 0 Å². The highest BCUT2D eigenvalue weighted by molar-refractivity contribution is 9.10. The van der Waals surface area contributed by atoms with Crippen molar-refractivity contribution in [3.05, 3.63) is 34.0 Å². The Labute approximate surface area is 108 Å². The quantitative estimate of drug-likeness (QED) is 0.864. The van der Waals surface area contributed by atoms with Gasteiger partial charge in [0.25, 0.3) is 0 Å². The second-order valence-electron chi connectivity index (χ2n) is 3.47. The van der Waals surface area contributed by atoms with Crippen molar-refractivity contribution in [1.82, 2.24) is 14.8 Å². The Morgan fingerprint density at radius 3 is 3.00 bits per heavy atom. The average Bonchev–Trinajstić information content (AvgIpc) is 2.70. The first kappa shape index (κ1) is 11.6. The average molecular weight is 301 g/mol. The third-order valence-electron chi connectivity index (χ3n) is 2.25. The first-order chi connectivity index (χ1) is 7.72. The van der Waals surface area contributed by atoms with E-state index in [1.807, 2.05) is 22.8 Å². The van der Waals surface area contributed by atoms with E-state index < -0.39 is 0 Å². The summed E-state index contributed by atoms with van der Waals surface area (Å²) in [7, 11) is 0. The highest BCUT2D eigenvalue weighted by atomic mass is 79.9. The van der Waals surface area contributed by atoms with Crippen molar-refractivity contribution in [1.29, 1.82) is 0 Å². The summed E-state index contributed by atoms with van der Waals surface area (Å²) in [5.41, 5.74) is 0.971.